The predicted octanol–water partition coefficient (Wildman–Crippen LogP) is 3.97. The lowest BCUT2D eigenvalue weighted by Gasteiger charge is -2.45. The molecule has 0 radical (unpaired) electrons. The molecule has 2 aromatic carbocycles. The van der Waals surface area contributed by atoms with Crippen molar-refractivity contribution in [3.05, 3.63) is 70.5 Å². The van der Waals surface area contributed by atoms with Crippen LogP contribution in [0.1, 0.15) is 35.2 Å². The maximum atomic E-state index is 13.1. The Kier molecular flexibility index (Phi) is 5.46. The van der Waals surface area contributed by atoms with Crippen molar-refractivity contribution in [3.63, 3.8) is 0 Å². The van der Waals surface area contributed by atoms with E-state index in [2.05, 4.69) is 10.6 Å². The van der Waals surface area contributed by atoms with Crippen molar-refractivity contribution >= 4 is 23.5 Å². The average molecular weight is 416 g/mol. The second-order valence-corrected chi connectivity index (χ2v) is 8.48. The summed E-state index contributed by atoms with van der Waals surface area (Å²) in [7, 11) is 0. The van der Waals surface area contributed by atoms with E-state index in [1.54, 1.807) is 12.1 Å². The van der Waals surface area contributed by atoms with E-state index >= 15 is 0 Å². The topological polar surface area (TPSA) is 61.4 Å². The minimum atomic E-state index is -0.346. The van der Waals surface area contributed by atoms with Crippen molar-refractivity contribution in [1.29, 1.82) is 0 Å². The van der Waals surface area contributed by atoms with E-state index in [0.717, 1.165) is 24.8 Å². The molecule has 3 amide bonds. The fourth-order valence-corrected chi connectivity index (χ4v) is 4.45. The fraction of sp³-hybridized carbons (Fsp3) is 0.364. The molecule has 1 saturated heterocycles. The van der Waals surface area contributed by atoms with E-state index in [1.165, 1.54) is 24.3 Å². The second-order valence-electron chi connectivity index (χ2n) is 8.04. The Hall–Kier alpha value is -2.60. The molecule has 0 aromatic heterocycles. The third-order valence-electron chi connectivity index (χ3n) is 5.88. The summed E-state index contributed by atoms with van der Waals surface area (Å²) in [6.45, 7) is 1.83. The van der Waals surface area contributed by atoms with Crippen LogP contribution in [0.25, 0.3) is 0 Å². The van der Waals surface area contributed by atoms with Crippen LogP contribution >= 0.6 is 11.6 Å². The highest BCUT2D eigenvalue weighted by atomic mass is 35.5. The third kappa shape index (κ3) is 4.53. The van der Waals surface area contributed by atoms with E-state index in [0.29, 0.717) is 30.2 Å². The molecular weight excluding hydrogens is 393 g/mol. The summed E-state index contributed by atoms with van der Waals surface area (Å²) < 4.78 is 13.1. The van der Waals surface area contributed by atoms with Gasteiger partial charge in [0.25, 0.3) is 5.91 Å². The highest BCUT2D eigenvalue weighted by molar-refractivity contribution is 6.30. The summed E-state index contributed by atoms with van der Waals surface area (Å²) in [5.41, 5.74) is 1.59. The van der Waals surface area contributed by atoms with Gasteiger partial charge in [0.05, 0.1) is 0 Å². The highest BCUT2D eigenvalue weighted by Gasteiger charge is 2.49. The monoisotopic (exact) mass is 415 g/mol. The molecular formula is C22H23ClFN3O2. The Morgan fingerprint density at radius 2 is 1.79 bits per heavy atom. The van der Waals surface area contributed by atoms with Crippen molar-refractivity contribution in [3.8, 4) is 0 Å². The number of likely N-dealkylation sites (tertiary alicyclic amines) is 1. The molecule has 152 valence electrons. The zero-order chi connectivity index (χ0) is 20.4. The standard InChI is InChI=1S/C22H23ClFN3O2/c23-17-5-1-15(2-6-17)13-25-21(29)26-19-11-22(12-19)9-10-27(14-22)20(28)16-3-7-18(24)8-4-16/h1-8,19H,9-14H2,(H2,25,26,29)/t19-,22+. The van der Waals surface area contributed by atoms with E-state index in [1.807, 2.05) is 17.0 Å². The van der Waals surface area contributed by atoms with E-state index < -0.39 is 0 Å². The van der Waals surface area contributed by atoms with Crippen LogP contribution in [-0.4, -0.2) is 36.0 Å². The SMILES string of the molecule is O=C(NCc1ccc(Cl)cc1)N[C@H]1C[C@]2(CCN(C(=O)c3ccc(F)cc3)C2)C1. The van der Waals surface area contributed by atoms with Crippen molar-refractivity contribution in [2.45, 2.75) is 31.8 Å². The van der Waals surface area contributed by atoms with Crippen LogP contribution in [0.5, 0.6) is 0 Å². The minimum absolute atomic E-state index is 0.0565. The van der Waals surface area contributed by atoms with Gasteiger partial charge in [0, 0.05) is 36.3 Å². The number of hydrogen-bond acceptors (Lipinski definition) is 2. The smallest absolute Gasteiger partial charge is 0.315 e. The highest BCUT2D eigenvalue weighted by Crippen LogP contribution is 2.48. The molecule has 1 aliphatic carbocycles. The van der Waals surface area contributed by atoms with Crippen LogP contribution in [0, 0.1) is 11.2 Å². The number of hydrogen-bond donors (Lipinski definition) is 2. The maximum Gasteiger partial charge on any atom is 0.315 e. The first-order valence-corrected chi connectivity index (χ1v) is 10.1. The van der Waals surface area contributed by atoms with Gasteiger partial charge < -0.3 is 15.5 Å². The molecule has 2 aromatic rings. The number of urea groups is 1. The molecule has 0 bridgehead atoms. The lowest BCUT2D eigenvalue weighted by atomic mass is 9.65. The van der Waals surface area contributed by atoms with Gasteiger partial charge >= 0.3 is 6.03 Å². The number of amides is 3. The fourth-order valence-electron chi connectivity index (χ4n) is 4.33. The number of nitrogens with one attached hydrogen (secondary N) is 2. The molecule has 0 atom stereocenters. The third-order valence-corrected chi connectivity index (χ3v) is 6.13. The Bertz CT molecular complexity index is 895. The van der Waals surface area contributed by atoms with Crippen molar-refractivity contribution < 1.29 is 14.0 Å². The van der Waals surface area contributed by atoms with Crippen LogP contribution in [0.3, 0.4) is 0 Å². The molecule has 2 N–H and O–H groups in total. The lowest BCUT2D eigenvalue weighted by Crippen LogP contribution is -2.54. The Morgan fingerprint density at radius 3 is 2.48 bits per heavy atom. The van der Waals surface area contributed by atoms with E-state index in [4.69, 9.17) is 11.6 Å². The van der Waals surface area contributed by atoms with E-state index in [9.17, 15) is 14.0 Å². The Labute approximate surface area is 174 Å². The normalized spacial score (nSPS) is 23.0. The molecule has 1 heterocycles. The van der Waals surface area contributed by atoms with Gasteiger partial charge in [-0.2, -0.15) is 0 Å². The molecule has 1 spiro atoms. The van der Waals surface area contributed by atoms with Gasteiger partial charge in [0.2, 0.25) is 0 Å². The van der Waals surface area contributed by atoms with Gasteiger partial charge in [-0.1, -0.05) is 23.7 Å². The summed E-state index contributed by atoms with van der Waals surface area (Å²) in [6.07, 6.45) is 2.67. The molecule has 5 nitrogen and oxygen atoms in total. The van der Waals surface area contributed by atoms with Crippen LogP contribution in [0.4, 0.5) is 9.18 Å². The first-order chi connectivity index (χ1) is 13.9. The van der Waals surface area contributed by atoms with Crippen molar-refractivity contribution in [1.82, 2.24) is 15.5 Å². The van der Waals surface area contributed by atoms with Crippen LogP contribution in [-0.2, 0) is 6.54 Å². The average Bonchev–Trinajstić information content (AvgIpc) is 3.13. The predicted molar refractivity (Wildman–Crippen MR) is 109 cm³/mol. The Balaban J connectivity index is 1.22. The molecule has 2 aliphatic rings. The Morgan fingerprint density at radius 1 is 1.10 bits per heavy atom. The maximum absolute atomic E-state index is 13.1. The second kappa shape index (κ2) is 8.03. The van der Waals surface area contributed by atoms with Crippen LogP contribution in [0.15, 0.2) is 48.5 Å². The number of benzene rings is 2. The lowest BCUT2D eigenvalue weighted by molar-refractivity contribution is 0.0671. The summed E-state index contributed by atoms with van der Waals surface area (Å²) in [5.74, 6) is -0.402. The number of nitrogens with zero attached hydrogens (tertiary/aromatic N) is 1. The zero-order valence-electron chi connectivity index (χ0n) is 16.0. The van der Waals surface area contributed by atoms with Gasteiger partial charge in [-0.05, 0) is 66.6 Å². The molecule has 1 aliphatic heterocycles. The van der Waals surface area contributed by atoms with Gasteiger partial charge in [0.1, 0.15) is 5.82 Å². The van der Waals surface area contributed by atoms with Gasteiger partial charge in [-0.15, -0.1) is 0 Å². The molecule has 1 saturated carbocycles. The first kappa shape index (κ1) is 19.7. The van der Waals surface area contributed by atoms with E-state index in [-0.39, 0.29) is 29.2 Å². The molecule has 7 heteroatoms. The largest absolute Gasteiger partial charge is 0.338 e. The number of rotatable bonds is 4. The van der Waals surface area contributed by atoms with Crippen molar-refractivity contribution in [2.24, 2.45) is 5.41 Å². The summed E-state index contributed by atoms with van der Waals surface area (Å²) in [5, 5.41) is 6.54. The molecule has 4 rings (SSSR count). The summed E-state index contributed by atoms with van der Waals surface area (Å²) >= 11 is 5.86. The zero-order valence-corrected chi connectivity index (χ0v) is 16.7. The summed E-state index contributed by atoms with van der Waals surface area (Å²) in [4.78, 5) is 26.6. The number of halogens is 2. The van der Waals surface area contributed by atoms with Gasteiger partial charge in [0.15, 0.2) is 0 Å². The van der Waals surface area contributed by atoms with Crippen LogP contribution < -0.4 is 10.6 Å². The number of carbonyl (C=O) groups excluding carboxylic acids is 2. The number of carbonyl (C=O) groups is 2. The molecule has 2 fully saturated rings. The first-order valence-electron chi connectivity index (χ1n) is 9.76. The summed E-state index contributed by atoms with van der Waals surface area (Å²) in [6, 6.07) is 13.0. The quantitative estimate of drug-likeness (QED) is 0.793. The van der Waals surface area contributed by atoms with Gasteiger partial charge in [-0.25, -0.2) is 9.18 Å². The van der Waals surface area contributed by atoms with Crippen molar-refractivity contribution in [2.75, 3.05) is 13.1 Å². The van der Waals surface area contributed by atoms with Crippen LogP contribution in [0.2, 0.25) is 5.02 Å². The molecule has 0 unspecified atom stereocenters. The minimum Gasteiger partial charge on any atom is -0.338 e. The van der Waals surface area contributed by atoms with Gasteiger partial charge in [-0.3, -0.25) is 4.79 Å². The molecule has 29 heavy (non-hydrogen) atoms.